The quantitative estimate of drug-likeness (QED) is 0.866. The summed E-state index contributed by atoms with van der Waals surface area (Å²) in [6, 6.07) is 7.16. The first kappa shape index (κ1) is 13.9. The average molecular weight is 260 g/mol. The second-order valence-electron chi connectivity index (χ2n) is 5.22. The van der Waals surface area contributed by atoms with E-state index in [0.717, 1.165) is 18.8 Å². The normalized spacial score (nSPS) is 13.1. The molecule has 1 atom stereocenters. The van der Waals surface area contributed by atoms with Crippen molar-refractivity contribution < 1.29 is 0 Å². The highest BCUT2D eigenvalue weighted by Gasteiger charge is 2.10. The molecule has 1 unspecified atom stereocenters. The molecule has 1 N–H and O–H groups in total. The zero-order valence-electron chi connectivity index (χ0n) is 12.3. The van der Waals surface area contributed by atoms with Crippen molar-refractivity contribution >= 4 is 0 Å². The fourth-order valence-corrected chi connectivity index (χ4v) is 2.30. The van der Waals surface area contributed by atoms with Gasteiger partial charge in [-0.25, -0.2) is 0 Å². The van der Waals surface area contributed by atoms with E-state index in [0.29, 0.717) is 12.1 Å². The molecule has 0 spiro atoms. The van der Waals surface area contributed by atoms with Crippen LogP contribution in [0.5, 0.6) is 0 Å². The van der Waals surface area contributed by atoms with Gasteiger partial charge >= 0.3 is 0 Å². The summed E-state index contributed by atoms with van der Waals surface area (Å²) in [6.45, 7) is 10.4. The van der Waals surface area contributed by atoms with Crippen LogP contribution in [0.25, 0.3) is 0 Å². The van der Waals surface area contributed by atoms with Crippen molar-refractivity contribution in [2.45, 2.75) is 46.3 Å². The molecule has 104 valence electrons. The highest BCUT2D eigenvalue weighted by molar-refractivity contribution is 5.14. The molecule has 2 aromatic rings. The predicted molar refractivity (Wildman–Crippen MR) is 78.2 cm³/mol. The molecular formula is C15H24N4. The molecule has 0 fully saturated rings. The fourth-order valence-electron chi connectivity index (χ4n) is 2.30. The minimum atomic E-state index is 0.368. The van der Waals surface area contributed by atoms with Gasteiger partial charge in [-0.15, -0.1) is 0 Å². The molecule has 0 radical (unpaired) electrons. The van der Waals surface area contributed by atoms with Crippen LogP contribution in [0.4, 0.5) is 0 Å². The van der Waals surface area contributed by atoms with E-state index in [1.807, 2.05) is 4.68 Å². The van der Waals surface area contributed by atoms with Crippen LogP contribution in [-0.2, 0) is 6.54 Å². The van der Waals surface area contributed by atoms with Gasteiger partial charge in [-0.2, -0.15) is 5.10 Å². The first-order chi connectivity index (χ1) is 9.11. The van der Waals surface area contributed by atoms with E-state index < -0.39 is 0 Å². The molecule has 2 aromatic heterocycles. The number of hydrogen-bond donors (Lipinski definition) is 1. The Balaban J connectivity index is 2.12. The molecule has 2 heterocycles. The molecule has 0 amide bonds. The summed E-state index contributed by atoms with van der Waals surface area (Å²) in [5.74, 6) is 0. The van der Waals surface area contributed by atoms with Crippen molar-refractivity contribution in [1.29, 1.82) is 0 Å². The molecule has 0 aromatic carbocycles. The lowest BCUT2D eigenvalue weighted by atomic mass is 10.2. The van der Waals surface area contributed by atoms with Crippen LogP contribution in [0.15, 0.2) is 30.6 Å². The summed E-state index contributed by atoms with van der Waals surface area (Å²) in [6.07, 6.45) is 4.18. The second-order valence-corrected chi connectivity index (χ2v) is 5.22. The monoisotopic (exact) mass is 260 g/mol. The Bertz CT molecular complexity index is 510. The Morgan fingerprint density at radius 3 is 2.63 bits per heavy atom. The number of hydrogen-bond acceptors (Lipinski definition) is 2. The minimum Gasteiger partial charge on any atom is -0.344 e. The summed E-state index contributed by atoms with van der Waals surface area (Å²) >= 11 is 0. The van der Waals surface area contributed by atoms with Crippen LogP contribution in [0, 0.1) is 0 Å². The Kier molecular flexibility index (Phi) is 4.43. The maximum Gasteiger partial charge on any atom is 0.0821 e. The summed E-state index contributed by atoms with van der Waals surface area (Å²) in [7, 11) is 0. The van der Waals surface area contributed by atoms with Gasteiger partial charge in [0.1, 0.15) is 0 Å². The minimum absolute atomic E-state index is 0.368. The van der Waals surface area contributed by atoms with Crippen molar-refractivity contribution in [3.8, 4) is 0 Å². The van der Waals surface area contributed by atoms with E-state index in [9.17, 15) is 0 Å². The van der Waals surface area contributed by atoms with E-state index in [-0.39, 0.29) is 0 Å². The molecular weight excluding hydrogens is 236 g/mol. The summed E-state index contributed by atoms with van der Waals surface area (Å²) in [5.41, 5.74) is 2.41. The molecule has 0 aliphatic carbocycles. The number of rotatable bonds is 6. The Hall–Kier alpha value is -1.55. The van der Waals surface area contributed by atoms with Crippen molar-refractivity contribution in [3.05, 3.63) is 42.0 Å². The molecule has 0 aliphatic rings. The van der Waals surface area contributed by atoms with E-state index >= 15 is 0 Å². The third-order valence-corrected chi connectivity index (χ3v) is 3.34. The lowest BCUT2D eigenvalue weighted by molar-refractivity contribution is 0.517. The third-order valence-electron chi connectivity index (χ3n) is 3.34. The summed E-state index contributed by atoms with van der Waals surface area (Å²) < 4.78 is 4.27. The number of nitrogens with one attached hydrogen (secondary N) is 1. The maximum absolute atomic E-state index is 4.61. The molecule has 4 nitrogen and oxygen atoms in total. The van der Waals surface area contributed by atoms with Crippen LogP contribution >= 0.6 is 0 Å². The van der Waals surface area contributed by atoms with E-state index in [2.05, 4.69) is 73.3 Å². The zero-order valence-corrected chi connectivity index (χ0v) is 12.3. The van der Waals surface area contributed by atoms with Crippen LogP contribution in [0.2, 0.25) is 0 Å². The molecule has 0 bridgehead atoms. The molecule has 0 saturated carbocycles. The van der Waals surface area contributed by atoms with Crippen LogP contribution in [-0.4, -0.2) is 20.9 Å². The molecule has 2 rings (SSSR count). The van der Waals surface area contributed by atoms with Crippen LogP contribution in [0.1, 0.15) is 51.2 Å². The summed E-state index contributed by atoms with van der Waals surface area (Å²) in [4.78, 5) is 0. The van der Waals surface area contributed by atoms with E-state index in [1.54, 1.807) is 0 Å². The Labute approximate surface area is 115 Å². The standard InChI is InChI=1S/C15H24N4/c1-5-16-13(4)15-7-6-9-18(15)11-14-8-10-19(17-14)12(2)3/h6-10,12-13,16H,5,11H2,1-4H3. The van der Waals surface area contributed by atoms with Gasteiger partial charge in [0.15, 0.2) is 0 Å². The van der Waals surface area contributed by atoms with Crippen molar-refractivity contribution in [2.75, 3.05) is 6.54 Å². The van der Waals surface area contributed by atoms with Gasteiger partial charge in [-0.1, -0.05) is 6.92 Å². The highest BCUT2D eigenvalue weighted by Crippen LogP contribution is 2.15. The lowest BCUT2D eigenvalue weighted by Gasteiger charge is -2.15. The van der Waals surface area contributed by atoms with Crippen LogP contribution in [0.3, 0.4) is 0 Å². The predicted octanol–water partition coefficient (Wildman–Crippen LogP) is 2.98. The number of nitrogens with zero attached hydrogens (tertiary/aromatic N) is 3. The van der Waals surface area contributed by atoms with Crippen molar-refractivity contribution in [1.82, 2.24) is 19.7 Å². The van der Waals surface area contributed by atoms with Crippen LogP contribution < -0.4 is 5.32 Å². The molecule has 0 aliphatic heterocycles. The third kappa shape index (κ3) is 3.26. The lowest BCUT2D eigenvalue weighted by Crippen LogP contribution is -2.21. The average Bonchev–Trinajstić information content (AvgIpc) is 2.99. The summed E-state index contributed by atoms with van der Waals surface area (Å²) in [5, 5.41) is 8.06. The molecule has 4 heteroatoms. The zero-order chi connectivity index (χ0) is 13.8. The maximum atomic E-state index is 4.61. The second kappa shape index (κ2) is 6.06. The van der Waals surface area contributed by atoms with E-state index in [4.69, 9.17) is 0 Å². The SMILES string of the molecule is CCNC(C)c1cccn1Cc1ccn(C(C)C)n1. The molecule has 19 heavy (non-hydrogen) atoms. The fraction of sp³-hybridized carbons (Fsp3) is 0.533. The molecule has 0 saturated heterocycles. The van der Waals surface area contributed by atoms with Gasteiger partial charge in [0, 0.05) is 30.2 Å². The van der Waals surface area contributed by atoms with Crippen molar-refractivity contribution in [3.63, 3.8) is 0 Å². The Morgan fingerprint density at radius 1 is 1.21 bits per heavy atom. The Morgan fingerprint density at radius 2 is 2.00 bits per heavy atom. The topological polar surface area (TPSA) is 34.8 Å². The van der Waals surface area contributed by atoms with Gasteiger partial charge in [0.2, 0.25) is 0 Å². The first-order valence-electron chi connectivity index (χ1n) is 7.04. The smallest absolute Gasteiger partial charge is 0.0821 e. The van der Waals surface area contributed by atoms with Crippen molar-refractivity contribution in [2.24, 2.45) is 0 Å². The van der Waals surface area contributed by atoms with Gasteiger partial charge in [-0.3, -0.25) is 4.68 Å². The van der Waals surface area contributed by atoms with Gasteiger partial charge in [0.05, 0.1) is 12.2 Å². The number of aromatic nitrogens is 3. The van der Waals surface area contributed by atoms with Gasteiger partial charge in [0.25, 0.3) is 0 Å². The van der Waals surface area contributed by atoms with E-state index in [1.165, 1.54) is 5.69 Å². The highest BCUT2D eigenvalue weighted by atomic mass is 15.3. The van der Waals surface area contributed by atoms with Gasteiger partial charge < -0.3 is 9.88 Å². The van der Waals surface area contributed by atoms with Gasteiger partial charge in [-0.05, 0) is 45.5 Å². The first-order valence-corrected chi connectivity index (χ1v) is 7.04. The largest absolute Gasteiger partial charge is 0.344 e.